The second-order valence-corrected chi connectivity index (χ2v) is 9.94. The van der Waals surface area contributed by atoms with Crippen molar-refractivity contribution in [3.63, 3.8) is 0 Å². The number of carbonyl (C=O) groups is 2. The molecule has 0 bridgehead atoms. The normalized spacial score (nSPS) is 17.3. The summed E-state index contributed by atoms with van der Waals surface area (Å²) < 4.78 is 38.6. The molecule has 3 aromatic rings. The molecule has 1 fully saturated rings. The highest BCUT2D eigenvalue weighted by Crippen LogP contribution is 2.37. The lowest BCUT2D eigenvalue weighted by Crippen LogP contribution is -2.46. The Morgan fingerprint density at radius 2 is 1.76 bits per heavy atom. The van der Waals surface area contributed by atoms with Gasteiger partial charge >= 0.3 is 0 Å². The number of para-hydroxylation sites is 1. The second kappa shape index (κ2) is 13.0. The Morgan fingerprint density at radius 1 is 1.00 bits per heavy atom. The number of carbonyl (C=O) groups excluding carboxylic acids is 2. The quantitative estimate of drug-likeness (QED) is 0.392. The molecule has 0 saturated carbocycles. The van der Waals surface area contributed by atoms with Crippen LogP contribution in [0.15, 0.2) is 77.9 Å². The van der Waals surface area contributed by atoms with E-state index in [1.165, 1.54) is 46.3 Å². The highest BCUT2D eigenvalue weighted by Gasteiger charge is 2.36. The van der Waals surface area contributed by atoms with E-state index in [1.54, 1.807) is 19.2 Å². The van der Waals surface area contributed by atoms with Gasteiger partial charge < -0.3 is 14.4 Å². The van der Waals surface area contributed by atoms with Crippen LogP contribution in [0.1, 0.15) is 33.9 Å². The van der Waals surface area contributed by atoms with Crippen molar-refractivity contribution in [1.82, 2.24) is 14.8 Å². The van der Waals surface area contributed by atoms with Gasteiger partial charge in [0.25, 0.3) is 11.8 Å². The average Bonchev–Trinajstić information content (AvgIpc) is 3.45. The summed E-state index contributed by atoms with van der Waals surface area (Å²) in [5.74, 6) is -1.13. The maximum atomic E-state index is 14.0. The van der Waals surface area contributed by atoms with E-state index in [-0.39, 0.29) is 24.5 Å². The summed E-state index contributed by atoms with van der Waals surface area (Å²) >= 11 is 0. The van der Waals surface area contributed by atoms with Crippen LogP contribution in [0.4, 0.5) is 8.78 Å². The Labute approximate surface area is 237 Å². The third-order valence-corrected chi connectivity index (χ3v) is 7.32. The molecule has 2 heterocycles. The predicted octanol–water partition coefficient (Wildman–Crippen LogP) is 4.13. The van der Waals surface area contributed by atoms with E-state index >= 15 is 0 Å². The summed E-state index contributed by atoms with van der Waals surface area (Å²) in [7, 11) is 1.56. The number of hydrazone groups is 1. The molecule has 41 heavy (non-hydrogen) atoms. The molecule has 2 amide bonds. The van der Waals surface area contributed by atoms with Gasteiger partial charge in [-0.05, 0) is 42.0 Å². The molecule has 0 radical (unpaired) electrons. The molecule has 1 unspecified atom stereocenters. The van der Waals surface area contributed by atoms with Crippen molar-refractivity contribution >= 4 is 17.5 Å². The number of halogens is 2. The Bertz CT molecular complexity index is 1410. The lowest BCUT2D eigenvalue weighted by Gasteiger charge is -2.31. The summed E-state index contributed by atoms with van der Waals surface area (Å²) in [6, 6.07) is 18.3. The third-order valence-electron chi connectivity index (χ3n) is 7.32. The van der Waals surface area contributed by atoms with Gasteiger partial charge in [-0.15, -0.1) is 0 Å². The van der Waals surface area contributed by atoms with Crippen LogP contribution in [-0.4, -0.2) is 85.4 Å². The molecular weight excluding hydrogens is 530 g/mol. The van der Waals surface area contributed by atoms with E-state index in [9.17, 15) is 18.4 Å². The molecule has 0 spiro atoms. The van der Waals surface area contributed by atoms with E-state index in [0.29, 0.717) is 43.2 Å². The maximum Gasteiger partial charge on any atom is 0.262 e. The van der Waals surface area contributed by atoms with Gasteiger partial charge in [-0.3, -0.25) is 14.5 Å². The molecule has 5 rings (SSSR count). The fourth-order valence-corrected chi connectivity index (χ4v) is 5.12. The zero-order valence-corrected chi connectivity index (χ0v) is 22.8. The van der Waals surface area contributed by atoms with E-state index < -0.39 is 23.7 Å². The van der Waals surface area contributed by atoms with Crippen LogP contribution in [0, 0.1) is 11.6 Å². The number of hydrogen-bond acceptors (Lipinski definition) is 6. The first-order valence-corrected chi connectivity index (χ1v) is 13.6. The van der Waals surface area contributed by atoms with E-state index in [0.717, 1.165) is 18.7 Å². The number of rotatable bonds is 9. The highest BCUT2D eigenvalue weighted by atomic mass is 19.1. The molecule has 1 atom stereocenters. The van der Waals surface area contributed by atoms with Crippen molar-refractivity contribution in [1.29, 1.82) is 0 Å². The summed E-state index contributed by atoms with van der Waals surface area (Å²) in [6.07, 6.45) is 0.378. The van der Waals surface area contributed by atoms with Crippen molar-refractivity contribution < 1.29 is 27.8 Å². The Hall–Kier alpha value is -4.15. The van der Waals surface area contributed by atoms with Gasteiger partial charge in [-0.1, -0.05) is 36.4 Å². The molecule has 0 aliphatic carbocycles. The molecular formula is C31H32F2N4O4. The van der Waals surface area contributed by atoms with E-state index in [2.05, 4.69) is 10.0 Å². The molecule has 2 aliphatic rings. The zero-order chi connectivity index (χ0) is 28.8. The number of morpholine rings is 1. The number of nitrogens with zero attached hydrogens (tertiary/aromatic N) is 4. The second-order valence-electron chi connectivity index (χ2n) is 9.94. The SMILES string of the molecule is COc1ccccc1C1CC(c2ccc(F)cc2)=NN1C(=O)CN(CCN1CCOCC1)C(=O)c1cccc(F)c1. The van der Waals surface area contributed by atoms with Gasteiger partial charge in [0, 0.05) is 43.7 Å². The van der Waals surface area contributed by atoms with Crippen molar-refractivity contribution in [2.24, 2.45) is 5.10 Å². The first-order valence-electron chi connectivity index (χ1n) is 13.6. The molecule has 0 N–H and O–H groups in total. The number of benzene rings is 3. The fraction of sp³-hybridized carbons (Fsp3) is 0.323. The topological polar surface area (TPSA) is 74.7 Å². The zero-order valence-electron chi connectivity index (χ0n) is 22.8. The van der Waals surface area contributed by atoms with Crippen LogP contribution in [0.3, 0.4) is 0 Å². The van der Waals surface area contributed by atoms with Gasteiger partial charge in [-0.2, -0.15) is 5.10 Å². The Kier molecular flexibility index (Phi) is 9.01. The Balaban J connectivity index is 1.43. The van der Waals surface area contributed by atoms with E-state index in [4.69, 9.17) is 9.47 Å². The number of ether oxygens (including phenoxy) is 2. The predicted molar refractivity (Wildman–Crippen MR) is 150 cm³/mol. The summed E-state index contributed by atoms with van der Waals surface area (Å²) in [4.78, 5) is 31.1. The highest BCUT2D eigenvalue weighted by molar-refractivity contribution is 6.03. The minimum Gasteiger partial charge on any atom is -0.496 e. The van der Waals surface area contributed by atoms with Crippen molar-refractivity contribution in [3.8, 4) is 5.75 Å². The molecule has 3 aromatic carbocycles. The Morgan fingerprint density at radius 3 is 2.49 bits per heavy atom. The third kappa shape index (κ3) is 6.78. The smallest absolute Gasteiger partial charge is 0.262 e. The summed E-state index contributed by atoms with van der Waals surface area (Å²) in [6.45, 7) is 3.20. The first-order chi connectivity index (χ1) is 19.9. The maximum absolute atomic E-state index is 14.0. The molecule has 2 aliphatic heterocycles. The molecule has 0 aromatic heterocycles. The van der Waals surface area contributed by atoms with Gasteiger partial charge in [0.15, 0.2) is 0 Å². The first kappa shape index (κ1) is 28.4. The van der Waals surface area contributed by atoms with E-state index in [1.807, 2.05) is 24.3 Å². The van der Waals surface area contributed by atoms with Gasteiger partial charge in [0.2, 0.25) is 0 Å². The average molecular weight is 563 g/mol. The molecule has 1 saturated heterocycles. The number of amides is 2. The van der Waals surface area contributed by atoms with Gasteiger partial charge in [-0.25, -0.2) is 13.8 Å². The van der Waals surface area contributed by atoms with Crippen molar-refractivity contribution in [2.75, 3.05) is 53.0 Å². The minimum atomic E-state index is -0.528. The van der Waals surface area contributed by atoms with Crippen LogP contribution in [-0.2, 0) is 9.53 Å². The van der Waals surface area contributed by atoms with Gasteiger partial charge in [0.1, 0.15) is 23.9 Å². The number of hydrogen-bond donors (Lipinski definition) is 0. The number of methoxy groups -OCH3 is 1. The summed E-state index contributed by atoms with van der Waals surface area (Å²) in [5.41, 5.74) is 2.24. The standard InChI is InChI=1S/C31H32F2N4O4/c1-40-29-8-3-2-7-26(29)28-20-27(22-9-11-24(32)12-10-22)34-37(28)30(38)21-36(14-13-35-15-17-41-18-16-35)31(39)23-5-4-6-25(33)19-23/h2-12,19,28H,13-18,20-21H2,1H3. The van der Waals surface area contributed by atoms with Crippen LogP contribution >= 0.6 is 0 Å². The van der Waals surface area contributed by atoms with Crippen molar-refractivity contribution in [2.45, 2.75) is 12.5 Å². The largest absolute Gasteiger partial charge is 0.496 e. The fourth-order valence-electron chi connectivity index (χ4n) is 5.12. The monoisotopic (exact) mass is 562 g/mol. The van der Waals surface area contributed by atoms with Crippen LogP contribution in [0.5, 0.6) is 5.75 Å². The molecule has 214 valence electrons. The lowest BCUT2D eigenvalue weighted by atomic mass is 9.97. The van der Waals surface area contributed by atoms with Crippen LogP contribution in [0.2, 0.25) is 0 Å². The minimum absolute atomic E-state index is 0.165. The van der Waals surface area contributed by atoms with Gasteiger partial charge in [0.05, 0.1) is 32.1 Å². The van der Waals surface area contributed by atoms with Crippen molar-refractivity contribution in [3.05, 3.63) is 101 Å². The van der Waals surface area contributed by atoms with Crippen LogP contribution in [0.25, 0.3) is 0 Å². The lowest BCUT2D eigenvalue weighted by molar-refractivity contribution is -0.133. The summed E-state index contributed by atoms with van der Waals surface area (Å²) in [5, 5.41) is 6.05. The molecule has 8 nitrogen and oxygen atoms in total. The van der Waals surface area contributed by atoms with Crippen LogP contribution < -0.4 is 4.74 Å². The molecule has 10 heteroatoms.